The first-order valence-electron chi connectivity index (χ1n) is 7.86. The molecule has 9 heteroatoms. The summed E-state index contributed by atoms with van der Waals surface area (Å²) in [4.78, 5) is 38.0. The number of nitrogens with zero attached hydrogens (tertiary/aromatic N) is 1. The van der Waals surface area contributed by atoms with Gasteiger partial charge in [-0.25, -0.2) is 9.18 Å². The molecule has 0 bridgehead atoms. The molecule has 3 rings (SSSR count). The number of anilines is 1. The Morgan fingerprint density at radius 1 is 1.26 bits per heavy atom. The number of halogens is 3. The number of amides is 4. The SMILES string of the molecule is CC1(c2ccc(Cl)cc2)NC(=O)N(CC(=O)Nc2ccc(Br)cc2F)C1=O. The summed E-state index contributed by atoms with van der Waals surface area (Å²) in [7, 11) is 0. The van der Waals surface area contributed by atoms with Crippen molar-refractivity contribution in [1.82, 2.24) is 10.2 Å². The fourth-order valence-electron chi connectivity index (χ4n) is 2.74. The van der Waals surface area contributed by atoms with Gasteiger partial charge in [-0.05, 0) is 42.8 Å². The van der Waals surface area contributed by atoms with Crippen molar-refractivity contribution >= 4 is 51.1 Å². The number of hydrogen-bond acceptors (Lipinski definition) is 3. The molecule has 0 radical (unpaired) electrons. The zero-order valence-electron chi connectivity index (χ0n) is 14.1. The first-order valence-corrected chi connectivity index (χ1v) is 9.03. The van der Waals surface area contributed by atoms with Crippen molar-refractivity contribution in [2.75, 3.05) is 11.9 Å². The highest BCUT2D eigenvalue weighted by atomic mass is 79.9. The van der Waals surface area contributed by atoms with E-state index >= 15 is 0 Å². The Morgan fingerprint density at radius 2 is 1.93 bits per heavy atom. The Morgan fingerprint density at radius 3 is 2.56 bits per heavy atom. The number of benzene rings is 2. The molecule has 1 aliphatic heterocycles. The van der Waals surface area contributed by atoms with Crippen LogP contribution >= 0.6 is 27.5 Å². The maximum absolute atomic E-state index is 13.8. The van der Waals surface area contributed by atoms with Gasteiger partial charge in [-0.15, -0.1) is 0 Å². The molecule has 140 valence electrons. The molecule has 1 heterocycles. The molecule has 6 nitrogen and oxygen atoms in total. The van der Waals surface area contributed by atoms with E-state index in [1.165, 1.54) is 12.1 Å². The summed E-state index contributed by atoms with van der Waals surface area (Å²) >= 11 is 8.98. The lowest BCUT2D eigenvalue weighted by atomic mass is 9.92. The van der Waals surface area contributed by atoms with Gasteiger partial charge in [-0.2, -0.15) is 0 Å². The predicted octanol–water partition coefficient (Wildman–Crippen LogP) is 3.65. The van der Waals surface area contributed by atoms with Crippen molar-refractivity contribution in [3.05, 3.63) is 63.3 Å². The lowest BCUT2D eigenvalue weighted by Gasteiger charge is -2.22. The molecule has 0 spiro atoms. The van der Waals surface area contributed by atoms with E-state index in [0.29, 0.717) is 15.1 Å². The van der Waals surface area contributed by atoms with Crippen LogP contribution in [0.4, 0.5) is 14.9 Å². The third kappa shape index (κ3) is 3.81. The van der Waals surface area contributed by atoms with E-state index < -0.39 is 35.7 Å². The second-order valence-corrected chi connectivity index (χ2v) is 7.48. The van der Waals surface area contributed by atoms with Gasteiger partial charge in [0, 0.05) is 9.50 Å². The minimum Gasteiger partial charge on any atom is -0.322 e. The van der Waals surface area contributed by atoms with Gasteiger partial charge in [0.2, 0.25) is 5.91 Å². The molecular formula is C18H14BrClFN3O3. The van der Waals surface area contributed by atoms with Gasteiger partial charge in [-0.3, -0.25) is 14.5 Å². The zero-order valence-corrected chi connectivity index (χ0v) is 16.4. The van der Waals surface area contributed by atoms with E-state index in [0.717, 1.165) is 4.90 Å². The van der Waals surface area contributed by atoms with E-state index in [4.69, 9.17) is 11.6 Å². The van der Waals surface area contributed by atoms with Gasteiger partial charge in [-0.1, -0.05) is 39.7 Å². The van der Waals surface area contributed by atoms with Gasteiger partial charge >= 0.3 is 6.03 Å². The van der Waals surface area contributed by atoms with Gasteiger partial charge in [0.1, 0.15) is 17.9 Å². The highest BCUT2D eigenvalue weighted by molar-refractivity contribution is 9.10. The molecule has 1 unspecified atom stereocenters. The summed E-state index contributed by atoms with van der Waals surface area (Å²) in [6.07, 6.45) is 0. The average Bonchev–Trinajstić information content (AvgIpc) is 2.82. The van der Waals surface area contributed by atoms with Crippen molar-refractivity contribution < 1.29 is 18.8 Å². The Kier molecular flexibility index (Phi) is 5.21. The van der Waals surface area contributed by atoms with Crippen LogP contribution in [0.25, 0.3) is 0 Å². The fourth-order valence-corrected chi connectivity index (χ4v) is 3.20. The molecule has 1 aliphatic rings. The topological polar surface area (TPSA) is 78.5 Å². The minimum atomic E-state index is -1.31. The largest absolute Gasteiger partial charge is 0.325 e. The molecular weight excluding hydrogens is 441 g/mol. The van der Waals surface area contributed by atoms with E-state index in [2.05, 4.69) is 26.6 Å². The lowest BCUT2D eigenvalue weighted by molar-refractivity contribution is -0.133. The molecule has 2 aromatic carbocycles. The van der Waals surface area contributed by atoms with Gasteiger partial charge < -0.3 is 10.6 Å². The maximum atomic E-state index is 13.8. The number of nitrogens with one attached hydrogen (secondary N) is 2. The fraction of sp³-hybridized carbons (Fsp3) is 0.167. The van der Waals surface area contributed by atoms with Crippen molar-refractivity contribution in [2.24, 2.45) is 0 Å². The van der Waals surface area contributed by atoms with Crippen molar-refractivity contribution in [3.8, 4) is 0 Å². The standard InChI is InChI=1S/C18H14BrClFN3O3/c1-18(10-2-5-12(20)6-3-10)16(26)24(17(27)23-18)9-15(25)22-14-7-4-11(19)8-13(14)21/h2-8H,9H2,1H3,(H,22,25)(H,23,27). The van der Waals surface area contributed by atoms with Gasteiger partial charge in [0.25, 0.3) is 5.91 Å². The van der Waals surface area contributed by atoms with Crippen LogP contribution < -0.4 is 10.6 Å². The molecule has 0 aliphatic carbocycles. The molecule has 1 fully saturated rings. The van der Waals surface area contributed by atoms with Crippen LogP contribution in [0.5, 0.6) is 0 Å². The smallest absolute Gasteiger partial charge is 0.322 e. The number of imide groups is 1. The molecule has 2 aromatic rings. The third-order valence-electron chi connectivity index (χ3n) is 4.20. The summed E-state index contributed by atoms with van der Waals surface area (Å²) in [5, 5.41) is 5.43. The van der Waals surface area contributed by atoms with Crippen LogP contribution in [0.3, 0.4) is 0 Å². The number of carbonyl (C=O) groups is 3. The van der Waals surface area contributed by atoms with E-state index in [9.17, 15) is 18.8 Å². The molecule has 4 amide bonds. The van der Waals surface area contributed by atoms with E-state index in [1.54, 1.807) is 37.3 Å². The summed E-state index contributed by atoms with van der Waals surface area (Å²) in [6.45, 7) is 1.01. The predicted molar refractivity (Wildman–Crippen MR) is 102 cm³/mol. The molecule has 1 atom stereocenters. The third-order valence-corrected chi connectivity index (χ3v) is 4.95. The number of urea groups is 1. The second-order valence-electron chi connectivity index (χ2n) is 6.13. The number of rotatable bonds is 4. The molecule has 0 aromatic heterocycles. The molecule has 2 N–H and O–H groups in total. The summed E-state index contributed by atoms with van der Waals surface area (Å²) in [5.74, 6) is -1.91. The van der Waals surface area contributed by atoms with Gasteiger partial charge in [0.05, 0.1) is 5.69 Å². The van der Waals surface area contributed by atoms with Crippen LogP contribution in [-0.4, -0.2) is 29.3 Å². The highest BCUT2D eigenvalue weighted by Gasteiger charge is 2.49. The Labute approximate surface area is 167 Å². The quantitative estimate of drug-likeness (QED) is 0.692. The van der Waals surface area contributed by atoms with Crippen molar-refractivity contribution in [2.45, 2.75) is 12.5 Å². The highest BCUT2D eigenvalue weighted by Crippen LogP contribution is 2.29. The Balaban J connectivity index is 1.75. The molecule has 27 heavy (non-hydrogen) atoms. The Hall–Kier alpha value is -2.45. The number of hydrogen-bond donors (Lipinski definition) is 2. The monoisotopic (exact) mass is 453 g/mol. The first kappa shape index (κ1) is 19.3. The summed E-state index contributed by atoms with van der Waals surface area (Å²) in [5.41, 5.74) is -0.826. The molecule has 1 saturated heterocycles. The zero-order chi connectivity index (χ0) is 19.8. The summed E-state index contributed by atoms with van der Waals surface area (Å²) in [6, 6.07) is 9.89. The average molecular weight is 455 g/mol. The van der Waals surface area contributed by atoms with E-state index in [1.807, 2.05) is 0 Å². The van der Waals surface area contributed by atoms with Crippen molar-refractivity contribution in [1.29, 1.82) is 0 Å². The maximum Gasteiger partial charge on any atom is 0.325 e. The van der Waals surface area contributed by atoms with Crippen LogP contribution in [0.15, 0.2) is 46.9 Å². The normalized spacial score (nSPS) is 19.2. The Bertz CT molecular complexity index is 938. The van der Waals surface area contributed by atoms with Crippen LogP contribution in [0.1, 0.15) is 12.5 Å². The van der Waals surface area contributed by atoms with Crippen LogP contribution in [0.2, 0.25) is 5.02 Å². The van der Waals surface area contributed by atoms with Crippen LogP contribution in [-0.2, 0) is 15.1 Å². The lowest BCUT2D eigenvalue weighted by Crippen LogP contribution is -2.42. The first-order chi connectivity index (χ1) is 12.7. The van der Waals surface area contributed by atoms with Crippen molar-refractivity contribution in [3.63, 3.8) is 0 Å². The summed E-state index contributed by atoms with van der Waals surface area (Å²) < 4.78 is 14.4. The number of carbonyl (C=O) groups excluding carboxylic acids is 3. The second kappa shape index (κ2) is 7.28. The minimum absolute atomic E-state index is 0.0456. The van der Waals surface area contributed by atoms with Gasteiger partial charge in [0.15, 0.2) is 0 Å². The molecule has 0 saturated carbocycles. The van der Waals surface area contributed by atoms with E-state index in [-0.39, 0.29) is 5.69 Å². The van der Waals surface area contributed by atoms with Crippen LogP contribution in [0, 0.1) is 5.82 Å².